The summed E-state index contributed by atoms with van der Waals surface area (Å²) in [6, 6.07) is 0. The molecule has 0 heterocycles. The Morgan fingerprint density at radius 3 is 2.62 bits per heavy atom. The molecule has 0 aliphatic heterocycles. The number of hydrogen-bond donors (Lipinski definition) is 3. The van der Waals surface area contributed by atoms with Crippen molar-refractivity contribution in [2.45, 2.75) is 44.3 Å². The van der Waals surface area contributed by atoms with Crippen molar-refractivity contribution in [3.8, 4) is 0 Å². The largest absolute Gasteiger partial charge is 0.481 e. The van der Waals surface area contributed by atoms with E-state index in [1.54, 1.807) is 12.2 Å². The Morgan fingerprint density at radius 1 is 1.33 bits per heavy atom. The first-order chi connectivity index (χ1) is 11.3. The van der Waals surface area contributed by atoms with Crippen molar-refractivity contribution >= 4 is 12.8 Å². The fourth-order valence-corrected chi connectivity index (χ4v) is 6.46. The monoisotopic (exact) mass is 334 g/mol. The molecule has 132 valence electrons. The molecule has 4 aliphatic rings. The number of aliphatic hydroxyl groups excluding tert-OH is 1. The number of carboxylic acids is 1. The molecular formula is C19H26O5. The molecule has 5 heteroatoms. The van der Waals surface area contributed by atoms with Gasteiger partial charge >= 0.3 is 5.97 Å². The molecule has 0 aromatic rings. The number of hydrogen-bond acceptors (Lipinski definition) is 4. The molecule has 2 bridgehead atoms. The van der Waals surface area contributed by atoms with Gasteiger partial charge in [0.25, 0.3) is 0 Å². The number of carbonyl (C=O) groups excluding carboxylic acids is 1. The molecule has 3 fully saturated rings. The zero-order chi connectivity index (χ0) is 17.9. The molecule has 0 saturated heterocycles. The molecule has 0 aromatic heterocycles. The fraction of sp³-hybridized carbons (Fsp3) is 0.684. The van der Waals surface area contributed by atoms with Crippen LogP contribution in [0.25, 0.3) is 0 Å². The zero-order valence-electron chi connectivity index (χ0n) is 14.0. The van der Waals surface area contributed by atoms with Gasteiger partial charge in [-0.25, -0.2) is 0 Å². The summed E-state index contributed by atoms with van der Waals surface area (Å²) in [7, 11) is 0. The molecule has 3 saturated carbocycles. The van der Waals surface area contributed by atoms with E-state index in [4.69, 9.17) is 4.79 Å². The molecular weight excluding hydrogens is 308 g/mol. The minimum absolute atomic E-state index is 0.0344. The molecule has 1 spiro atoms. The molecule has 8 unspecified atom stereocenters. The first-order valence-electron chi connectivity index (χ1n) is 8.60. The third kappa shape index (κ3) is 1.94. The molecule has 5 nitrogen and oxygen atoms in total. The smallest absolute Gasteiger partial charge is 0.307 e. The molecule has 0 radical (unpaired) electrons. The zero-order valence-corrected chi connectivity index (χ0v) is 14.0. The molecule has 8 atom stereocenters. The van der Waals surface area contributed by atoms with Gasteiger partial charge in [-0.05, 0) is 48.9 Å². The van der Waals surface area contributed by atoms with E-state index in [1.165, 1.54) is 0 Å². The highest BCUT2D eigenvalue weighted by Crippen LogP contribution is 2.72. The summed E-state index contributed by atoms with van der Waals surface area (Å²) in [5, 5.41) is 31.6. The van der Waals surface area contributed by atoms with Crippen LogP contribution in [-0.4, -0.2) is 39.8 Å². The van der Waals surface area contributed by atoms with E-state index in [1.807, 2.05) is 13.7 Å². The summed E-state index contributed by atoms with van der Waals surface area (Å²) >= 11 is 0. The summed E-state index contributed by atoms with van der Waals surface area (Å²) in [4.78, 5) is 20.1. The number of fused-ring (bicyclic) bond motifs is 3. The second-order valence-electron chi connectivity index (χ2n) is 8.04. The van der Waals surface area contributed by atoms with E-state index in [-0.39, 0.29) is 17.3 Å². The van der Waals surface area contributed by atoms with Crippen molar-refractivity contribution < 1.29 is 24.9 Å². The summed E-state index contributed by atoms with van der Waals surface area (Å²) in [6.07, 6.45) is 6.10. The van der Waals surface area contributed by atoms with Gasteiger partial charge in [-0.3, -0.25) is 4.79 Å². The van der Waals surface area contributed by atoms with Gasteiger partial charge in [-0.15, -0.1) is 0 Å². The van der Waals surface area contributed by atoms with Crippen LogP contribution >= 0.6 is 0 Å². The van der Waals surface area contributed by atoms with Crippen LogP contribution in [0.3, 0.4) is 0 Å². The number of allylic oxidation sites excluding steroid dienone is 1. The Kier molecular flexibility index (Phi) is 4.00. The SMILES string of the molecule is C=C1CC23CC1CCC2C1(O)C=CC(O)C(C)C1C3C(=O)O.C=O. The highest BCUT2D eigenvalue weighted by Gasteiger charge is 2.73. The number of rotatable bonds is 1. The standard InChI is InChI=1S/C18H24O4.CH2O/c1-9-7-17-8-11(9)3-4-13(17)18(22)6-5-12(19)10(2)14(18)15(17)16(20)21;1-2/h5-6,10-15,19,22H,1,3-4,7-8H2,2H3,(H,20,21);1H2. The van der Waals surface area contributed by atoms with Gasteiger partial charge in [0.1, 0.15) is 6.79 Å². The summed E-state index contributed by atoms with van der Waals surface area (Å²) < 4.78 is 0. The minimum atomic E-state index is -1.10. The number of aliphatic hydroxyl groups is 2. The predicted molar refractivity (Wildman–Crippen MR) is 88.0 cm³/mol. The van der Waals surface area contributed by atoms with E-state index in [2.05, 4.69) is 6.58 Å². The van der Waals surface area contributed by atoms with Crippen LogP contribution in [-0.2, 0) is 9.59 Å². The van der Waals surface area contributed by atoms with E-state index in [0.29, 0.717) is 5.92 Å². The van der Waals surface area contributed by atoms with E-state index < -0.39 is 29.5 Å². The van der Waals surface area contributed by atoms with Crippen LogP contribution in [0.15, 0.2) is 24.3 Å². The first-order valence-corrected chi connectivity index (χ1v) is 8.60. The Balaban J connectivity index is 0.000000815. The van der Waals surface area contributed by atoms with Gasteiger partial charge < -0.3 is 20.1 Å². The second-order valence-corrected chi connectivity index (χ2v) is 8.04. The molecule has 4 rings (SSSR count). The second kappa shape index (κ2) is 5.53. The van der Waals surface area contributed by atoms with Gasteiger partial charge in [0.15, 0.2) is 0 Å². The molecule has 24 heavy (non-hydrogen) atoms. The highest BCUT2D eigenvalue weighted by molar-refractivity contribution is 5.74. The summed E-state index contributed by atoms with van der Waals surface area (Å²) in [6.45, 7) is 8.05. The topological polar surface area (TPSA) is 94.8 Å². The van der Waals surface area contributed by atoms with Gasteiger partial charge in [-0.1, -0.05) is 31.2 Å². The predicted octanol–water partition coefficient (Wildman–Crippen LogP) is 1.79. The average Bonchev–Trinajstić information content (AvgIpc) is 2.93. The number of carboxylic acid groups (broad SMARTS) is 1. The maximum atomic E-state index is 12.1. The van der Waals surface area contributed by atoms with Gasteiger partial charge in [0.2, 0.25) is 0 Å². The van der Waals surface area contributed by atoms with Gasteiger partial charge in [0.05, 0.1) is 17.6 Å². The van der Waals surface area contributed by atoms with Crippen LogP contribution in [0.1, 0.15) is 32.6 Å². The first kappa shape index (κ1) is 17.4. The Hall–Kier alpha value is -1.46. The average molecular weight is 334 g/mol. The lowest BCUT2D eigenvalue weighted by atomic mass is 9.63. The quantitative estimate of drug-likeness (QED) is 0.636. The molecule has 0 amide bonds. The van der Waals surface area contributed by atoms with Gasteiger partial charge in [0, 0.05) is 5.92 Å². The van der Waals surface area contributed by atoms with Crippen molar-refractivity contribution in [3.05, 3.63) is 24.3 Å². The van der Waals surface area contributed by atoms with Crippen molar-refractivity contribution in [2.24, 2.45) is 35.0 Å². The lowest BCUT2D eigenvalue weighted by Gasteiger charge is -2.43. The van der Waals surface area contributed by atoms with Crippen LogP contribution < -0.4 is 0 Å². The highest BCUT2D eigenvalue weighted by atomic mass is 16.4. The Labute approximate surface area is 142 Å². The van der Waals surface area contributed by atoms with Crippen molar-refractivity contribution in [3.63, 3.8) is 0 Å². The van der Waals surface area contributed by atoms with Crippen LogP contribution in [0.4, 0.5) is 0 Å². The van der Waals surface area contributed by atoms with Gasteiger partial charge in [-0.2, -0.15) is 0 Å². The number of carbonyl (C=O) groups is 2. The molecule has 4 aliphatic carbocycles. The fourth-order valence-electron chi connectivity index (χ4n) is 6.46. The van der Waals surface area contributed by atoms with E-state index in [9.17, 15) is 20.1 Å². The molecule has 0 aromatic carbocycles. The van der Waals surface area contributed by atoms with E-state index >= 15 is 0 Å². The maximum Gasteiger partial charge on any atom is 0.307 e. The lowest BCUT2D eigenvalue weighted by Crippen LogP contribution is -2.49. The van der Waals surface area contributed by atoms with Crippen molar-refractivity contribution in [1.29, 1.82) is 0 Å². The Bertz CT molecular complexity index is 599. The van der Waals surface area contributed by atoms with Crippen LogP contribution in [0.5, 0.6) is 0 Å². The van der Waals surface area contributed by atoms with Crippen LogP contribution in [0, 0.1) is 35.0 Å². The van der Waals surface area contributed by atoms with Crippen LogP contribution in [0.2, 0.25) is 0 Å². The van der Waals surface area contributed by atoms with Crippen molar-refractivity contribution in [2.75, 3.05) is 0 Å². The minimum Gasteiger partial charge on any atom is -0.481 e. The Morgan fingerprint density at radius 2 is 2.00 bits per heavy atom. The number of aliphatic carboxylic acids is 1. The third-order valence-electron chi connectivity index (χ3n) is 7.26. The lowest BCUT2D eigenvalue weighted by molar-refractivity contribution is -0.150. The maximum absolute atomic E-state index is 12.1. The summed E-state index contributed by atoms with van der Waals surface area (Å²) in [5.41, 5.74) is -0.321. The van der Waals surface area contributed by atoms with Crippen molar-refractivity contribution in [1.82, 2.24) is 0 Å². The third-order valence-corrected chi connectivity index (χ3v) is 7.26. The molecule has 3 N–H and O–H groups in total. The van der Waals surface area contributed by atoms with E-state index in [0.717, 1.165) is 31.3 Å². The summed E-state index contributed by atoms with van der Waals surface area (Å²) in [5.74, 6) is -1.71. The normalized spacial score (nSPS) is 51.4.